The number of nitrogens with zero attached hydrogens (tertiary/aromatic N) is 1. The predicted molar refractivity (Wildman–Crippen MR) is 92.9 cm³/mol. The summed E-state index contributed by atoms with van der Waals surface area (Å²) in [5, 5.41) is 11.6. The molecule has 0 aliphatic carbocycles. The first-order valence-corrected chi connectivity index (χ1v) is 8.49. The van der Waals surface area contributed by atoms with Crippen molar-refractivity contribution in [3.63, 3.8) is 0 Å². The van der Waals surface area contributed by atoms with Gasteiger partial charge in [0.25, 0.3) is 5.91 Å². The van der Waals surface area contributed by atoms with Crippen LogP contribution in [0.2, 0.25) is 5.02 Å². The number of aliphatic hydroxyl groups is 1. The molecule has 2 N–H and O–H groups in total. The minimum atomic E-state index is -0.632. The standard InChI is InChI=1S/C18H23ClN2O2/c1-18(2,23)11-12-5-7-21(8-6-12)17(22)16-9-13-3-4-14(19)10-15(13)20-16/h3-4,9-10,12,20,23H,5-8,11H2,1-2H3. The Labute approximate surface area is 141 Å². The number of likely N-dealkylation sites (tertiary alicyclic amines) is 1. The van der Waals surface area contributed by atoms with Crippen LogP contribution in [0.4, 0.5) is 0 Å². The summed E-state index contributed by atoms with van der Waals surface area (Å²) < 4.78 is 0. The van der Waals surface area contributed by atoms with E-state index in [4.69, 9.17) is 11.6 Å². The summed E-state index contributed by atoms with van der Waals surface area (Å²) in [4.78, 5) is 17.7. The van der Waals surface area contributed by atoms with Crippen molar-refractivity contribution < 1.29 is 9.90 Å². The van der Waals surface area contributed by atoms with E-state index >= 15 is 0 Å². The van der Waals surface area contributed by atoms with Gasteiger partial charge in [0.15, 0.2) is 0 Å². The third-order valence-electron chi connectivity index (χ3n) is 4.50. The molecule has 124 valence electrons. The fourth-order valence-electron chi connectivity index (χ4n) is 3.43. The van der Waals surface area contributed by atoms with Crippen molar-refractivity contribution >= 4 is 28.4 Å². The van der Waals surface area contributed by atoms with Gasteiger partial charge in [-0.05, 0) is 57.2 Å². The number of hydrogen-bond acceptors (Lipinski definition) is 2. The second-order valence-electron chi connectivity index (χ2n) is 7.17. The van der Waals surface area contributed by atoms with E-state index in [0.717, 1.165) is 43.3 Å². The Kier molecular flexibility index (Phi) is 4.39. The van der Waals surface area contributed by atoms with Crippen molar-refractivity contribution in [2.75, 3.05) is 13.1 Å². The van der Waals surface area contributed by atoms with Crippen molar-refractivity contribution in [1.29, 1.82) is 0 Å². The largest absolute Gasteiger partial charge is 0.390 e. The molecule has 5 heteroatoms. The molecule has 23 heavy (non-hydrogen) atoms. The van der Waals surface area contributed by atoms with E-state index in [1.54, 1.807) is 0 Å². The van der Waals surface area contributed by atoms with Crippen molar-refractivity contribution in [3.8, 4) is 0 Å². The lowest BCUT2D eigenvalue weighted by Crippen LogP contribution is -2.40. The number of piperidine rings is 1. The summed E-state index contributed by atoms with van der Waals surface area (Å²) in [5.41, 5.74) is 0.869. The Morgan fingerprint density at radius 1 is 1.35 bits per heavy atom. The maximum Gasteiger partial charge on any atom is 0.270 e. The van der Waals surface area contributed by atoms with E-state index < -0.39 is 5.60 Å². The number of carbonyl (C=O) groups is 1. The van der Waals surface area contributed by atoms with E-state index in [-0.39, 0.29) is 5.91 Å². The average molecular weight is 335 g/mol. The average Bonchev–Trinajstić information content (AvgIpc) is 2.88. The monoisotopic (exact) mass is 334 g/mol. The molecule has 0 atom stereocenters. The molecule has 0 unspecified atom stereocenters. The van der Waals surface area contributed by atoms with Crippen LogP contribution in [0.25, 0.3) is 10.9 Å². The predicted octanol–water partition coefficient (Wildman–Crippen LogP) is 3.83. The third kappa shape index (κ3) is 3.88. The summed E-state index contributed by atoms with van der Waals surface area (Å²) in [5.74, 6) is 0.527. The molecule has 1 aromatic carbocycles. The first kappa shape index (κ1) is 16.3. The Hall–Kier alpha value is -1.52. The fraction of sp³-hybridized carbons (Fsp3) is 0.500. The number of H-pyrrole nitrogens is 1. The number of aromatic amines is 1. The van der Waals surface area contributed by atoms with Gasteiger partial charge in [-0.15, -0.1) is 0 Å². The molecule has 1 fully saturated rings. The molecule has 4 nitrogen and oxygen atoms in total. The Bertz CT molecular complexity index is 709. The van der Waals surface area contributed by atoms with Crippen molar-refractivity contribution in [1.82, 2.24) is 9.88 Å². The summed E-state index contributed by atoms with van der Waals surface area (Å²) in [6.07, 6.45) is 2.68. The number of rotatable bonds is 3. The van der Waals surface area contributed by atoms with E-state index in [2.05, 4.69) is 4.98 Å². The molecule has 2 heterocycles. The highest BCUT2D eigenvalue weighted by Gasteiger charge is 2.27. The van der Waals surface area contributed by atoms with Crippen LogP contribution in [0.5, 0.6) is 0 Å². The van der Waals surface area contributed by atoms with Crippen molar-refractivity contribution in [3.05, 3.63) is 35.0 Å². The second kappa shape index (κ2) is 6.17. The van der Waals surface area contributed by atoms with Gasteiger partial charge >= 0.3 is 0 Å². The van der Waals surface area contributed by atoms with Crippen molar-refractivity contribution in [2.24, 2.45) is 5.92 Å². The van der Waals surface area contributed by atoms with Crippen LogP contribution < -0.4 is 0 Å². The molecule has 1 amide bonds. The van der Waals surface area contributed by atoms with Crippen LogP contribution in [-0.2, 0) is 0 Å². The van der Waals surface area contributed by atoms with Crippen LogP contribution in [-0.4, -0.2) is 39.6 Å². The molecule has 1 aromatic heterocycles. The number of carbonyl (C=O) groups excluding carboxylic acids is 1. The molecule has 3 rings (SSSR count). The normalized spacial score (nSPS) is 17.0. The van der Waals surface area contributed by atoms with Gasteiger partial charge < -0.3 is 15.0 Å². The number of aromatic nitrogens is 1. The fourth-order valence-corrected chi connectivity index (χ4v) is 3.60. The van der Waals surface area contributed by atoms with Gasteiger partial charge in [0.1, 0.15) is 5.69 Å². The molecular weight excluding hydrogens is 312 g/mol. The minimum absolute atomic E-state index is 0.0408. The van der Waals surface area contributed by atoms with Gasteiger partial charge in [-0.3, -0.25) is 4.79 Å². The lowest BCUT2D eigenvalue weighted by atomic mass is 9.86. The molecule has 0 saturated carbocycles. The maximum atomic E-state index is 12.7. The van der Waals surface area contributed by atoms with E-state index in [1.165, 1.54) is 0 Å². The van der Waals surface area contributed by atoms with E-state index in [1.807, 2.05) is 43.0 Å². The van der Waals surface area contributed by atoms with Gasteiger partial charge in [-0.1, -0.05) is 17.7 Å². The highest BCUT2D eigenvalue weighted by Crippen LogP contribution is 2.27. The lowest BCUT2D eigenvalue weighted by Gasteiger charge is -2.34. The highest BCUT2D eigenvalue weighted by atomic mass is 35.5. The molecular formula is C18H23ClN2O2. The quantitative estimate of drug-likeness (QED) is 0.896. The van der Waals surface area contributed by atoms with Gasteiger partial charge in [0, 0.05) is 29.0 Å². The Balaban J connectivity index is 1.66. The van der Waals surface area contributed by atoms with Gasteiger partial charge in [0.05, 0.1) is 5.60 Å². The number of nitrogens with one attached hydrogen (secondary N) is 1. The van der Waals surface area contributed by atoms with Gasteiger partial charge in [-0.25, -0.2) is 0 Å². The third-order valence-corrected chi connectivity index (χ3v) is 4.74. The van der Waals surface area contributed by atoms with Crippen LogP contribution in [0, 0.1) is 5.92 Å². The highest BCUT2D eigenvalue weighted by molar-refractivity contribution is 6.31. The maximum absolute atomic E-state index is 12.7. The van der Waals surface area contributed by atoms with Crippen LogP contribution >= 0.6 is 11.6 Å². The number of fused-ring (bicyclic) bond motifs is 1. The zero-order chi connectivity index (χ0) is 16.6. The zero-order valence-electron chi connectivity index (χ0n) is 13.6. The van der Waals surface area contributed by atoms with E-state index in [0.29, 0.717) is 16.6 Å². The van der Waals surface area contributed by atoms with Crippen LogP contribution in [0.1, 0.15) is 43.6 Å². The summed E-state index contributed by atoms with van der Waals surface area (Å²) >= 11 is 5.99. The summed E-state index contributed by atoms with van der Waals surface area (Å²) in [7, 11) is 0. The van der Waals surface area contributed by atoms with Crippen LogP contribution in [0.3, 0.4) is 0 Å². The van der Waals surface area contributed by atoms with Crippen LogP contribution in [0.15, 0.2) is 24.3 Å². The molecule has 0 radical (unpaired) electrons. The summed E-state index contributed by atoms with van der Waals surface area (Å²) in [6.45, 7) is 5.19. The minimum Gasteiger partial charge on any atom is -0.390 e. The topological polar surface area (TPSA) is 56.3 Å². The molecule has 1 saturated heterocycles. The molecule has 0 spiro atoms. The molecule has 2 aromatic rings. The van der Waals surface area contributed by atoms with Gasteiger partial charge in [-0.2, -0.15) is 0 Å². The van der Waals surface area contributed by atoms with Gasteiger partial charge in [0.2, 0.25) is 0 Å². The molecule has 0 bridgehead atoms. The molecule has 1 aliphatic heterocycles. The molecule has 1 aliphatic rings. The number of halogens is 1. The van der Waals surface area contributed by atoms with Crippen molar-refractivity contribution in [2.45, 2.75) is 38.7 Å². The number of benzene rings is 1. The first-order chi connectivity index (χ1) is 10.8. The Morgan fingerprint density at radius 3 is 2.70 bits per heavy atom. The lowest BCUT2D eigenvalue weighted by molar-refractivity contribution is 0.0357. The number of amides is 1. The Morgan fingerprint density at radius 2 is 2.04 bits per heavy atom. The smallest absolute Gasteiger partial charge is 0.270 e. The van der Waals surface area contributed by atoms with E-state index in [9.17, 15) is 9.90 Å². The zero-order valence-corrected chi connectivity index (χ0v) is 14.4. The first-order valence-electron chi connectivity index (χ1n) is 8.12. The number of hydrogen-bond donors (Lipinski definition) is 2. The SMILES string of the molecule is CC(C)(O)CC1CCN(C(=O)c2cc3ccc(Cl)cc3[nH]2)CC1. The second-order valence-corrected chi connectivity index (χ2v) is 7.60. The summed E-state index contributed by atoms with van der Waals surface area (Å²) in [6, 6.07) is 7.47.